The molecule has 2 aromatic carbocycles. The molecule has 3 N–H and O–H groups in total. The van der Waals surface area contributed by atoms with Gasteiger partial charge in [-0.1, -0.05) is 25.0 Å². The lowest BCUT2D eigenvalue weighted by Gasteiger charge is -2.28. The minimum Gasteiger partial charge on any atom is -0.325 e. The fourth-order valence-corrected chi connectivity index (χ4v) is 3.89. The summed E-state index contributed by atoms with van der Waals surface area (Å²) in [5.74, 6) is -0.133. The van der Waals surface area contributed by atoms with Crippen molar-refractivity contribution in [1.29, 1.82) is 0 Å². The van der Waals surface area contributed by atoms with Crippen LogP contribution in [0, 0.1) is 10.1 Å². The Labute approximate surface area is 153 Å². The number of nitro benzene ring substituents is 1. The Morgan fingerprint density at radius 3 is 2.37 bits per heavy atom. The number of anilines is 1. The van der Waals surface area contributed by atoms with Crippen molar-refractivity contribution in [1.82, 2.24) is 9.97 Å². The van der Waals surface area contributed by atoms with Gasteiger partial charge in [0.1, 0.15) is 0 Å². The molecule has 0 saturated heterocycles. The lowest BCUT2D eigenvalue weighted by molar-refractivity contribution is -0.384. The monoisotopic (exact) mass is 366 g/mol. The summed E-state index contributed by atoms with van der Waals surface area (Å²) in [7, 11) is 0. The number of hydrogen-bond donors (Lipinski definition) is 3. The van der Waals surface area contributed by atoms with Crippen molar-refractivity contribution in [2.24, 2.45) is 0 Å². The van der Waals surface area contributed by atoms with E-state index in [1.54, 1.807) is 30.3 Å². The van der Waals surface area contributed by atoms with Crippen molar-refractivity contribution in [2.45, 2.75) is 31.1 Å². The van der Waals surface area contributed by atoms with E-state index in [-0.39, 0.29) is 17.3 Å². The van der Waals surface area contributed by atoms with Crippen LogP contribution in [0.2, 0.25) is 0 Å². The summed E-state index contributed by atoms with van der Waals surface area (Å²) in [6, 6.07) is 11.4. The lowest BCUT2D eigenvalue weighted by Crippen LogP contribution is -2.38. The average molecular weight is 366 g/mol. The highest BCUT2D eigenvalue weighted by Crippen LogP contribution is 2.42. The molecule has 0 aliphatic heterocycles. The molecular weight excluding hydrogens is 348 g/mol. The molecule has 1 aliphatic rings. The number of non-ortho nitro benzene ring substituents is 1. The first-order chi connectivity index (χ1) is 13.0. The number of carbonyl (C=O) groups excluding carboxylic acids is 1. The highest BCUT2D eigenvalue weighted by atomic mass is 16.6. The van der Waals surface area contributed by atoms with Gasteiger partial charge in [0.25, 0.3) is 5.69 Å². The lowest BCUT2D eigenvalue weighted by atomic mass is 9.78. The third-order valence-electron chi connectivity index (χ3n) is 5.30. The largest absolute Gasteiger partial charge is 0.325 e. The van der Waals surface area contributed by atoms with Gasteiger partial charge in [-0.15, -0.1) is 0 Å². The number of benzene rings is 2. The Hall–Kier alpha value is -3.42. The number of nitrogens with zero attached hydrogens (tertiary/aromatic N) is 1. The summed E-state index contributed by atoms with van der Waals surface area (Å²) in [5.41, 5.74) is 1.68. The molecule has 1 fully saturated rings. The van der Waals surface area contributed by atoms with Crippen LogP contribution >= 0.6 is 0 Å². The van der Waals surface area contributed by atoms with Gasteiger partial charge in [0.15, 0.2) is 0 Å². The minimum atomic E-state index is -0.699. The normalized spacial score (nSPS) is 15.7. The number of nitro groups is 1. The fraction of sp³-hybridized carbons (Fsp3) is 0.263. The van der Waals surface area contributed by atoms with Crippen LogP contribution in [0.1, 0.15) is 31.2 Å². The van der Waals surface area contributed by atoms with Gasteiger partial charge < -0.3 is 15.3 Å². The van der Waals surface area contributed by atoms with E-state index < -0.39 is 10.3 Å². The van der Waals surface area contributed by atoms with Crippen LogP contribution in [-0.4, -0.2) is 20.8 Å². The van der Waals surface area contributed by atoms with Gasteiger partial charge >= 0.3 is 5.69 Å². The smallest absolute Gasteiger partial charge is 0.323 e. The van der Waals surface area contributed by atoms with Crippen LogP contribution in [0.5, 0.6) is 0 Å². The minimum absolute atomic E-state index is 0.00849. The number of nitrogens with one attached hydrogen (secondary N) is 3. The van der Waals surface area contributed by atoms with Crippen LogP contribution in [0.3, 0.4) is 0 Å². The highest BCUT2D eigenvalue weighted by molar-refractivity contribution is 6.00. The molecule has 1 aliphatic carbocycles. The second-order valence-electron chi connectivity index (χ2n) is 6.89. The van der Waals surface area contributed by atoms with Crippen molar-refractivity contribution in [3.63, 3.8) is 0 Å². The number of fused-ring (bicyclic) bond motifs is 1. The summed E-state index contributed by atoms with van der Waals surface area (Å²) in [4.78, 5) is 40.4. The number of H-pyrrole nitrogens is 2. The summed E-state index contributed by atoms with van der Waals surface area (Å²) >= 11 is 0. The third-order valence-corrected chi connectivity index (χ3v) is 5.30. The van der Waals surface area contributed by atoms with Crippen LogP contribution in [0.4, 0.5) is 11.4 Å². The molecule has 138 valence electrons. The van der Waals surface area contributed by atoms with Crippen molar-refractivity contribution < 1.29 is 9.72 Å². The van der Waals surface area contributed by atoms with Gasteiger partial charge in [0.05, 0.1) is 21.4 Å². The summed E-state index contributed by atoms with van der Waals surface area (Å²) in [6.07, 6.45) is 3.24. The molecule has 0 unspecified atom stereocenters. The number of hydrogen-bond acceptors (Lipinski definition) is 4. The molecule has 4 rings (SSSR count). The van der Waals surface area contributed by atoms with E-state index in [4.69, 9.17) is 0 Å². The molecular formula is C19H18N4O4. The number of carbonyl (C=O) groups is 1. The molecule has 1 saturated carbocycles. The molecule has 1 amide bonds. The zero-order valence-corrected chi connectivity index (χ0v) is 14.5. The first-order valence-corrected chi connectivity index (χ1v) is 8.76. The van der Waals surface area contributed by atoms with Gasteiger partial charge in [-0.3, -0.25) is 14.9 Å². The van der Waals surface area contributed by atoms with E-state index in [1.165, 1.54) is 12.1 Å². The molecule has 0 spiro atoms. The Bertz CT molecular complexity index is 1080. The topological polar surface area (TPSA) is 121 Å². The number of aromatic nitrogens is 2. The van der Waals surface area contributed by atoms with Gasteiger partial charge in [-0.2, -0.15) is 0 Å². The molecule has 27 heavy (non-hydrogen) atoms. The van der Waals surface area contributed by atoms with Gasteiger partial charge in [0.2, 0.25) is 5.91 Å². The molecule has 3 aromatic rings. The average Bonchev–Trinajstić information content (AvgIpc) is 3.28. The maximum absolute atomic E-state index is 13.2. The fourth-order valence-electron chi connectivity index (χ4n) is 3.89. The predicted octanol–water partition coefficient (Wildman–Crippen LogP) is 3.21. The van der Waals surface area contributed by atoms with E-state index in [9.17, 15) is 19.7 Å². The number of aromatic amines is 2. The zero-order chi connectivity index (χ0) is 19.0. The second-order valence-corrected chi connectivity index (χ2v) is 6.89. The standard InChI is InChI=1S/C19H18N4O4/c24-17(20-13-5-8-15-16(11-13)22-18(25)21-15)19(9-1-2-10-19)12-3-6-14(7-4-12)23(26)27/h3-8,11H,1-2,9-10H2,(H,20,24)(H2,21,22,25). The van der Waals surface area contributed by atoms with E-state index >= 15 is 0 Å². The Kier molecular flexibility index (Phi) is 4.02. The third kappa shape index (κ3) is 2.99. The number of amides is 1. The first kappa shape index (κ1) is 17.0. The Morgan fingerprint density at radius 2 is 1.70 bits per heavy atom. The molecule has 8 heteroatoms. The van der Waals surface area contributed by atoms with Gasteiger partial charge in [0, 0.05) is 17.8 Å². The predicted molar refractivity (Wildman–Crippen MR) is 101 cm³/mol. The van der Waals surface area contributed by atoms with E-state index in [0.717, 1.165) is 18.4 Å². The Balaban J connectivity index is 1.65. The highest BCUT2D eigenvalue weighted by Gasteiger charge is 2.42. The molecule has 0 bridgehead atoms. The maximum atomic E-state index is 13.2. The summed E-state index contributed by atoms with van der Waals surface area (Å²) < 4.78 is 0. The summed E-state index contributed by atoms with van der Waals surface area (Å²) in [5, 5.41) is 13.8. The van der Waals surface area contributed by atoms with Crippen LogP contribution < -0.4 is 11.0 Å². The van der Waals surface area contributed by atoms with Crippen LogP contribution in [0.25, 0.3) is 11.0 Å². The van der Waals surface area contributed by atoms with Crippen molar-refractivity contribution in [2.75, 3.05) is 5.32 Å². The molecule has 0 atom stereocenters. The van der Waals surface area contributed by atoms with Crippen LogP contribution in [0.15, 0.2) is 47.3 Å². The van der Waals surface area contributed by atoms with Gasteiger partial charge in [-0.25, -0.2) is 4.79 Å². The van der Waals surface area contributed by atoms with Crippen molar-refractivity contribution in [3.05, 3.63) is 68.6 Å². The number of imidazole rings is 1. The van der Waals surface area contributed by atoms with E-state index in [1.807, 2.05) is 0 Å². The second kappa shape index (κ2) is 6.39. The SMILES string of the molecule is O=C(Nc1ccc2[nH]c(=O)[nH]c2c1)C1(c2ccc([N+](=O)[O-])cc2)CCCC1. The number of rotatable bonds is 4. The van der Waals surface area contributed by atoms with E-state index in [2.05, 4.69) is 15.3 Å². The van der Waals surface area contributed by atoms with Gasteiger partial charge in [-0.05, 0) is 36.6 Å². The quantitative estimate of drug-likeness (QED) is 0.485. The molecule has 1 heterocycles. The molecule has 1 aromatic heterocycles. The van der Waals surface area contributed by atoms with Crippen LogP contribution in [-0.2, 0) is 10.2 Å². The summed E-state index contributed by atoms with van der Waals surface area (Å²) in [6.45, 7) is 0. The zero-order valence-electron chi connectivity index (χ0n) is 14.5. The van der Waals surface area contributed by atoms with Crippen molar-refractivity contribution >= 4 is 28.3 Å². The molecule has 8 nitrogen and oxygen atoms in total. The molecule has 0 radical (unpaired) electrons. The van der Waals surface area contributed by atoms with Crippen molar-refractivity contribution in [3.8, 4) is 0 Å². The maximum Gasteiger partial charge on any atom is 0.323 e. The first-order valence-electron chi connectivity index (χ1n) is 8.76. The van der Waals surface area contributed by atoms with E-state index in [0.29, 0.717) is 29.6 Å². The Morgan fingerprint density at radius 1 is 1.04 bits per heavy atom.